The summed E-state index contributed by atoms with van der Waals surface area (Å²) >= 11 is 0. The van der Waals surface area contributed by atoms with E-state index >= 15 is 0 Å². The summed E-state index contributed by atoms with van der Waals surface area (Å²) in [6.45, 7) is 2.33. The molecule has 124 valence electrons. The second-order valence-electron chi connectivity index (χ2n) is 5.89. The van der Waals surface area contributed by atoms with Gasteiger partial charge in [0.25, 0.3) is 5.91 Å². The number of amides is 2. The monoisotopic (exact) mass is 324 g/mol. The first-order chi connectivity index (χ1) is 11.6. The summed E-state index contributed by atoms with van der Waals surface area (Å²) in [5.41, 5.74) is 3.02. The zero-order valence-corrected chi connectivity index (χ0v) is 13.5. The number of hydrogen-bond acceptors (Lipinski definition) is 3. The van der Waals surface area contributed by atoms with Crippen LogP contribution in [0.15, 0.2) is 54.6 Å². The fourth-order valence-electron chi connectivity index (χ4n) is 2.81. The number of benzene rings is 2. The van der Waals surface area contributed by atoms with Crippen molar-refractivity contribution in [2.24, 2.45) is 0 Å². The third kappa shape index (κ3) is 3.81. The summed E-state index contributed by atoms with van der Waals surface area (Å²) in [5, 5.41) is 5.74. The predicted molar refractivity (Wildman–Crippen MR) is 90.1 cm³/mol. The molecule has 5 nitrogen and oxygen atoms in total. The average Bonchev–Trinajstić information content (AvgIpc) is 2.60. The summed E-state index contributed by atoms with van der Waals surface area (Å²) in [6, 6.07) is 16.9. The molecule has 2 aromatic carbocycles. The maximum Gasteiger partial charge on any atom is 0.251 e. The third-order valence-corrected chi connectivity index (χ3v) is 3.98. The van der Waals surface area contributed by atoms with Crippen LogP contribution in [0.2, 0.25) is 0 Å². The van der Waals surface area contributed by atoms with Gasteiger partial charge in [0.2, 0.25) is 5.91 Å². The molecular weight excluding hydrogens is 304 g/mol. The Labute approximate surface area is 141 Å². The SMILES string of the molecule is Cc1cccc(CNC(=O)[C@@H]2OCC(=O)N[C@H]2c2ccccc2)c1. The first-order valence-electron chi connectivity index (χ1n) is 7.92. The Morgan fingerprint density at radius 2 is 2.00 bits per heavy atom. The van der Waals surface area contributed by atoms with Crippen LogP contribution in [0, 0.1) is 6.92 Å². The van der Waals surface area contributed by atoms with Gasteiger partial charge in [-0.1, -0.05) is 60.2 Å². The predicted octanol–water partition coefficient (Wildman–Crippen LogP) is 1.87. The lowest BCUT2D eigenvalue weighted by Gasteiger charge is -2.31. The van der Waals surface area contributed by atoms with Crippen LogP contribution in [0.5, 0.6) is 0 Å². The number of carbonyl (C=O) groups is 2. The quantitative estimate of drug-likeness (QED) is 0.902. The second-order valence-corrected chi connectivity index (χ2v) is 5.89. The Morgan fingerprint density at radius 1 is 1.21 bits per heavy atom. The van der Waals surface area contributed by atoms with E-state index in [9.17, 15) is 9.59 Å². The normalized spacial score (nSPS) is 20.3. The lowest BCUT2D eigenvalue weighted by atomic mass is 9.99. The van der Waals surface area contributed by atoms with E-state index in [1.54, 1.807) is 0 Å². The summed E-state index contributed by atoms with van der Waals surface area (Å²) in [6.07, 6.45) is -0.741. The number of hydrogen-bond donors (Lipinski definition) is 2. The highest BCUT2D eigenvalue weighted by Gasteiger charge is 2.35. The van der Waals surface area contributed by atoms with Gasteiger partial charge in [-0.2, -0.15) is 0 Å². The Kier molecular flexibility index (Phi) is 4.91. The van der Waals surface area contributed by atoms with Crippen molar-refractivity contribution in [1.29, 1.82) is 0 Å². The maximum atomic E-state index is 12.6. The molecule has 5 heteroatoms. The molecule has 0 saturated carbocycles. The number of rotatable bonds is 4. The largest absolute Gasteiger partial charge is 0.356 e. The van der Waals surface area contributed by atoms with Crippen LogP contribution in [-0.2, 0) is 20.9 Å². The van der Waals surface area contributed by atoms with E-state index in [1.807, 2.05) is 61.5 Å². The minimum Gasteiger partial charge on any atom is -0.356 e. The molecule has 1 aliphatic rings. The fourth-order valence-corrected chi connectivity index (χ4v) is 2.81. The molecule has 1 fully saturated rings. The molecule has 24 heavy (non-hydrogen) atoms. The van der Waals surface area contributed by atoms with Crippen molar-refractivity contribution in [3.05, 3.63) is 71.3 Å². The molecule has 2 N–H and O–H groups in total. The molecule has 0 aromatic heterocycles. The maximum absolute atomic E-state index is 12.6. The van der Waals surface area contributed by atoms with Crippen molar-refractivity contribution in [1.82, 2.24) is 10.6 Å². The third-order valence-electron chi connectivity index (χ3n) is 3.98. The second kappa shape index (κ2) is 7.27. The molecule has 2 atom stereocenters. The number of morpholine rings is 1. The van der Waals surface area contributed by atoms with Gasteiger partial charge in [0.1, 0.15) is 6.61 Å². The summed E-state index contributed by atoms with van der Waals surface area (Å²) < 4.78 is 5.51. The van der Waals surface area contributed by atoms with E-state index in [-0.39, 0.29) is 18.4 Å². The first-order valence-corrected chi connectivity index (χ1v) is 7.92. The van der Waals surface area contributed by atoms with E-state index in [1.165, 1.54) is 0 Å². The molecule has 0 radical (unpaired) electrons. The van der Waals surface area contributed by atoms with Gasteiger partial charge >= 0.3 is 0 Å². The molecule has 2 aromatic rings. The van der Waals surface area contributed by atoms with Crippen molar-refractivity contribution in [3.8, 4) is 0 Å². The van der Waals surface area contributed by atoms with E-state index in [0.717, 1.165) is 16.7 Å². The Balaban J connectivity index is 1.70. The molecule has 0 spiro atoms. The summed E-state index contributed by atoms with van der Waals surface area (Å²) in [5.74, 6) is -0.447. The van der Waals surface area contributed by atoms with Gasteiger partial charge in [0.15, 0.2) is 6.10 Å². The minimum atomic E-state index is -0.741. The highest BCUT2D eigenvalue weighted by molar-refractivity contribution is 5.86. The first kappa shape index (κ1) is 16.2. The van der Waals surface area contributed by atoms with Crippen LogP contribution in [0.3, 0.4) is 0 Å². The van der Waals surface area contributed by atoms with Gasteiger partial charge in [-0.3, -0.25) is 9.59 Å². The summed E-state index contributed by atoms with van der Waals surface area (Å²) in [7, 11) is 0. The van der Waals surface area contributed by atoms with Crippen LogP contribution in [0.1, 0.15) is 22.7 Å². The fraction of sp³-hybridized carbons (Fsp3) is 0.263. The van der Waals surface area contributed by atoms with Crippen molar-refractivity contribution in [2.75, 3.05) is 6.61 Å². The van der Waals surface area contributed by atoms with Crippen LogP contribution in [0.4, 0.5) is 0 Å². The molecule has 1 heterocycles. The minimum absolute atomic E-state index is 0.105. The van der Waals surface area contributed by atoms with Crippen molar-refractivity contribution < 1.29 is 14.3 Å². The van der Waals surface area contributed by atoms with E-state index in [4.69, 9.17) is 4.74 Å². The van der Waals surface area contributed by atoms with Gasteiger partial charge in [-0.25, -0.2) is 0 Å². The van der Waals surface area contributed by atoms with Crippen LogP contribution < -0.4 is 10.6 Å². The van der Waals surface area contributed by atoms with Crippen molar-refractivity contribution in [2.45, 2.75) is 25.6 Å². The van der Waals surface area contributed by atoms with E-state index < -0.39 is 12.1 Å². The number of aryl methyl sites for hydroxylation is 1. The highest BCUT2D eigenvalue weighted by atomic mass is 16.5. The van der Waals surface area contributed by atoms with Gasteiger partial charge in [0, 0.05) is 6.54 Å². The Hall–Kier alpha value is -2.66. The lowest BCUT2D eigenvalue weighted by Crippen LogP contribution is -2.52. The van der Waals surface area contributed by atoms with E-state index in [0.29, 0.717) is 6.54 Å². The number of nitrogens with one attached hydrogen (secondary N) is 2. The van der Waals surface area contributed by atoms with Crippen LogP contribution in [0.25, 0.3) is 0 Å². The number of carbonyl (C=O) groups excluding carboxylic acids is 2. The number of ether oxygens (including phenoxy) is 1. The van der Waals surface area contributed by atoms with Crippen LogP contribution >= 0.6 is 0 Å². The zero-order chi connectivity index (χ0) is 16.9. The summed E-state index contributed by atoms with van der Waals surface area (Å²) in [4.78, 5) is 24.2. The molecule has 2 amide bonds. The molecule has 0 aliphatic carbocycles. The van der Waals surface area contributed by atoms with Gasteiger partial charge in [-0.15, -0.1) is 0 Å². The topological polar surface area (TPSA) is 67.4 Å². The van der Waals surface area contributed by atoms with Gasteiger partial charge < -0.3 is 15.4 Å². The van der Waals surface area contributed by atoms with Crippen molar-refractivity contribution >= 4 is 11.8 Å². The average molecular weight is 324 g/mol. The Bertz CT molecular complexity index is 730. The molecule has 0 bridgehead atoms. The Morgan fingerprint density at radius 3 is 2.75 bits per heavy atom. The van der Waals surface area contributed by atoms with Crippen LogP contribution in [-0.4, -0.2) is 24.5 Å². The van der Waals surface area contributed by atoms with Crippen molar-refractivity contribution in [3.63, 3.8) is 0 Å². The molecule has 3 rings (SSSR count). The molecule has 1 saturated heterocycles. The molecule has 1 aliphatic heterocycles. The van der Waals surface area contributed by atoms with Gasteiger partial charge in [-0.05, 0) is 18.1 Å². The smallest absolute Gasteiger partial charge is 0.251 e. The molecule has 0 unspecified atom stereocenters. The van der Waals surface area contributed by atoms with Gasteiger partial charge in [0.05, 0.1) is 6.04 Å². The highest BCUT2D eigenvalue weighted by Crippen LogP contribution is 2.22. The standard InChI is InChI=1S/C19H20N2O3/c1-13-6-5-7-14(10-13)11-20-19(23)18-17(21-16(22)12-24-18)15-8-3-2-4-9-15/h2-10,17-18H,11-12H2,1H3,(H,20,23)(H,21,22)/t17-,18+/m0/s1. The lowest BCUT2D eigenvalue weighted by molar-refractivity contribution is -0.148. The molecular formula is C19H20N2O3. The van der Waals surface area contributed by atoms with E-state index in [2.05, 4.69) is 10.6 Å². The zero-order valence-electron chi connectivity index (χ0n) is 13.5.